The molecular formula is C24H26N4O5S2. The maximum atomic E-state index is 13.0. The van der Waals surface area contributed by atoms with E-state index in [1.54, 1.807) is 4.90 Å². The smallest absolute Gasteiger partial charge is 0.233 e. The van der Waals surface area contributed by atoms with Gasteiger partial charge in [-0.25, -0.2) is 8.42 Å². The minimum atomic E-state index is -3.07. The molecule has 0 radical (unpaired) electrons. The molecule has 184 valence electrons. The van der Waals surface area contributed by atoms with Gasteiger partial charge in [-0.05, 0) is 31.0 Å². The van der Waals surface area contributed by atoms with Crippen molar-refractivity contribution in [2.75, 3.05) is 30.6 Å². The van der Waals surface area contributed by atoms with Crippen LogP contribution in [0, 0.1) is 0 Å². The highest BCUT2D eigenvalue weighted by molar-refractivity contribution is 7.99. The van der Waals surface area contributed by atoms with Crippen molar-refractivity contribution in [3.63, 3.8) is 0 Å². The van der Waals surface area contributed by atoms with E-state index in [0.717, 1.165) is 16.9 Å². The third kappa shape index (κ3) is 5.15. The van der Waals surface area contributed by atoms with Crippen LogP contribution in [0.15, 0.2) is 53.7 Å². The maximum Gasteiger partial charge on any atom is 0.233 e. The van der Waals surface area contributed by atoms with Crippen LogP contribution in [-0.2, 0) is 21.2 Å². The number of carbonyl (C=O) groups excluding carboxylic acids is 1. The summed E-state index contributed by atoms with van der Waals surface area (Å²) < 4.78 is 36.7. The van der Waals surface area contributed by atoms with Gasteiger partial charge < -0.3 is 14.4 Å². The molecule has 1 fully saturated rings. The lowest BCUT2D eigenvalue weighted by Gasteiger charge is -2.26. The summed E-state index contributed by atoms with van der Waals surface area (Å²) in [5.41, 5.74) is 1.91. The number of ether oxygens (including phenoxy) is 2. The lowest BCUT2D eigenvalue weighted by atomic mass is 10.2. The van der Waals surface area contributed by atoms with Gasteiger partial charge in [0.15, 0.2) is 32.3 Å². The van der Waals surface area contributed by atoms with Gasteiger partial charge in [0, 0.05) is 18.2 Å². The van der Waals surface area contributed by atoms with Gasteiger partial charge in [0.05, 0.1) is 23.8 Å². The molecule has 1 unspecified atom stereocenters. The van der Waals surface area contributed by atoms with Crippen LogP contribution < -0.4 is 9.47 Å². The Kier molecular flexibility index (Phi) is 6.70. The number of hydrogen-bond acceptors (Lipinski definition) is 8. The number of hydrogen-bond donors (Lipinski definition) is 0. The van der Waals surface area contributed by atoms with Crippen molar-refractivity contribution < 1.29 is 22.7 Å². The summed E-state index contributed by atoms with van der Waals surface area (Å²) in [5, 5.41) is 9.43. The van der Waals surface area contributed by atoms with E-state index in [0.29, 0.717) is 36.2 Å². The molecule has 5 rings (SSSR count). The van der Waals surface area contributed by atoms with E-state index in [4.69, 9.17) is 9.47 Å². The Bertz CT molecular complexity index is 1330. The number of aromatic nitrogens is 3. The normalized spacial score (nSPS) is 18.0. The second kappa shape index (κ2) is 9.90. The first-order valence-corrected chi connectivity index (χ1v) is 14.2. The Morgan fingerprint density at radius 1 is 1.14 bits per heavy atom. The lowest BCUT2D eigenvalue weighted by Crippen LogP contribution is -2.42. The fourth-order valence-corrected chi connectivity index (χ4v) is 6.98. The van der Waals surface area contributed by atoms with Gasteiger partial charge in [0.25, 0.3) is 0 Å². The van der Waals surface area contributed by atoms with Crippen LogP contribution in [-0.4, -0.2) is 70.6 Å². The van der Waals surface area contributed by atoms with Crippen molar-refractivity contribution in [3.05, 3.63) is 54.1 Å². The van der Waals surface area contributed by atoms with E-state index >= 15 is 0 Å². The van der Waals surface area contributed by atoms with E-state index in [1.807, 2.05) is 60.0 Å². The van der Waals surface area contributed by atoms with E-state index in [1.165, 1.54) is 11.8 Å². The summed E-state index contributed by atoms with van der Waals surface area (Å²) in [6.45, 7) is 3.05. The monoisotopic (exact) mass is 514 g/mol. The summed E-state index contributed by atoms with van der Waals surface area (Å²) in [6.07, 6.45) is 0.491. The number of carbonyl (C=O) groups is 1. The molecular weight excluding hydrogens is 488 g/mol. The van der Waals surface area contributed by atoms with E-state index in [2.05, 4.69) is 10.2 Å². The summed E-state index contributed by atoms with van der Waals surface area (Å²) >= 11 is 1.31. The van der Waals surface area contributed by atoms with E-state index < -0.39 is 9.84 Å². The summed E-state index contributed by atoms with van der Waals surface area (Å²) in [5.74, 6) is 2.35. The van der Waals surface area contributed by atoms with Gasteiger partial charge >= 0.3 is 0 Å². The fourth-order valence-electron chi connectivity index (χ4n) is 4.43. The predicted molar refractivity (Wildman–Crippen MR) is 132 cm³/mol. The zero-order chi connectivity index (χ0) is 24.4. The van der Waals surface area contributed by atoms with Crippen LogP contribution in [0.3, 0.4) is 0 Å². The lowest BCUT2D eigenvalue weighted by molar-refractivity contribution is -0.129. The van der Waals surface area contributed by atoms with Crippen molar-refractivity contribution in [2.45, 2.75) is 31.1 Å². The third-order valence-corrected chi connectivity index (χ3v) is 8.86. The molecule has 1 atom stereocenters. The SMILES string of the molecule is CCN(C(=O)CSc1nnc(-c2ccccc2)n1Cc1ccc2c(c1)OCO2)C1CCS(=O)(=O)C1. The van der Waals surface area contributed by atoms with Crippen molar-refractivity contribution in [1.82, 2.24) is 19.7 Å². The first kappa shape index (κ1) is 23.7. The number of nitrogens with zero attached hydrogens (tertiary/aromatic N) is 4. The second-order valence-electron chi connectivity index (χ2n) is 8.47. The largest absolute Gasteiger partial charge is 0.454 e. The average Bonchev–Trinajstić information content (AvgIpc) is 3.57. The Morgan fingerprint density at radius 2 is 1.94 bits per heavy atom. The van der Waals surface area contributed by atoms with Gasteiger partial charge in [0.2, 0.25) is 12.7 Å². The van der Waals surface area contributed by atoms with Gasteiger partial charge in [0.1, 0.15) is 0 Å². The molecule has 2 aliphatic heterocycles. The molecule has 2 aliphatic rings. The van der Waals surface area contributed by atoms with Crippen LogP contribution in [0.5, 0.6) is 11.5 Å². The first-order chi connectivity index (χ1) is 16.9. The Labute approximate surface area is 208 Å². The molecule has 0 spiro atoms. The molecule has 0 N–H and O–H groups in total. The van der Waals surface area contributed by atoms with Crippen molar-refractivity contribution in [2.24, 2.45) is 0 Å². The zero-order valence-corrected chi connectivity index (χ0v) is 20.9. The number of amides is 1. The summed E-state index contributed by atoms with van der Waals surface area (Å²) in [6, 6.07) is 15.3. The molecule has 3 aromatic rings. The predicted octanol–water partition coefficient (Wildman–Crippen LogP) is 2.85. The second-order valence-corrected chi connectivity index (χ2v) is 11.6. The molecule has 0 aliphatic carbocycles. The molecule has 9 nitrogen and oxygen atoms in total. The molecule has 1 amide bonds. The molecule has 1 aromatic heterocycles. The highest BCUT2D eigenvalue weighted by Crippen LogP contribution is 2.34. The van der Waals surface area contributed by atoms with Crippen molar-refractivity contribution >= 4 is 27.5 Å². The molecule has 0 saturated carbocycles. The zero-order valence-electron chi connectivity index (χ0n) is 19.3. The number of sulfone groups is 1. The van der Waals surface area contributed by atoms with Crippen LogP contribution in [0.1, 0.15) is 18.9 Å². The highest BCUT2D eigenvalue weighted by Gasteiger charge is 2.34. The summed E-state index contributed by atoms with van der Waals surface area (Å²) in [4.78, 5) is 14.7. The van der Waals surface area contributed by atoms with E-state index in [-0.39, 0.29) is 36.0 Å². The molecule has 1 saturated heterocycles. The quantitative estimate of drug-likeness (QED) is 0.423. The van der Waals surface area contributed by atoms with E-state index in [9.17, 15) is 13.2 Å². The average molecular weight is 515 g/mol. The number of rotatable bonds is 8. The van der Waals surface area contributed by atoms with Gasteiger partial charge in [-0.15, -0.1) is 10.2 Å². The summed E-state index contributed by atoms with van der Waals surface area (Å²) in [7, 11) is -3.07. The molecule has 35 heavy (non-hydrogen) atoms. The number of thioether (sulfide) groups is 1. The minimum absolute atomic E-state index is 0.0374. The standard InChI is InChI=1S/C24H26N4O5S2/c1-2-27(19-10-11-35(30,31)15-19)22(29)14-34-24-26-25-23(18-6-4-3-5-7-18)28(24)13-17-8-9-20-21(12-17)33-16-32-20/h3-9,12,19H,2,10-11,13-16H2,1H3. The Morgan fingerprint density at radius 3 is 2.69 bits per heavy atom. The molecule has 11 heteroatoms. The van der Waals surface area contributed by atoms with Crippen molar-refractivity contribution in [3.8, 4) is 22.9 Å². The van der Waals surface area contributed by atoms with Crippen LogP contribution >= 0.6 is 11.8 Å². The van der Waals surface area contributed by atoms with Crippen LogP contribution in [0.25, 0.3) is 11.4 Å². The van der Waals surface area contributed by atoms with Gasteiger partial charge in [-0.1, -0.05) is 48.2 Å². The number of benzene rings is 2. The van der Waals surface area contributed by atoms with Crippen molar-refractivity contribution in [1.29, 1.82) is 0 Å². The van der Waals surface area contributed by atoms with Gasteiger partial charge in [-0.3, -0.25) is 9.36 Å². The Balaban J connectivity index is 1.37. The molecule has 0 bridgehead atoms. The van der Waals surface area contributed by atoms with Crippen LogP contribution in [0.4, 0.5) is 0 Å². The van der Waals surface area contributed by atoms with Gasteiger partial charge in [-0.2, -0.15) is 0 Å². The minimum Gasteiger partial charge on any atom is -0.454 e. The Hall–Kier alpha value is -3.05. The molecule has 2 aromatic carbocycles. The molecule has 3 heterocycles. The topological polar surface area (TPSA) is 104 Å². The number of fused-ring (bicyclic) bond motifs is 1. The third-order valence-electron chi connectivity index (χ3n) is 6.16. The maximum absolute atomic E-state index is 13.0. The van der Waals surface area contributed by atoms with Crippen LogP contribution in [0.2, 0.25) is 0 Å². The first-order valence-electron chi connectivity index (χ1n) is 11.4. The highest BCUT2D eigenvalue weighted by atomic mass is 32.2. The fraction of sp³-hybridized carbons (Fsp3) is 0.375.